The molecule has 1 saturated heterocycles. The number of ether oxygens (including phenoxy) is 1. The molecule has 0 radical (unpaired) electrons. The zero-order chi connectivity index (χ0) is 13.3. The third-order valence-corrected chi connectivity index (χ3v) is 4.71. The van der Waals surface area contributed by atoms with Crippen LogP contribution in [-0.2, 0) is 14.9 Å². The van der Waals surface area contributed by atoms with Crippen molar-refractivity contribution >= 4 is 5.97 Å². The van der Waals surface area contributed by atoms with Gasteiger partial charge in [-0.1, -0.05) is 37.1 Å². The highest BCUT2D eigenvalue weighted by Gasteiger charge is 2.43. The lowest BCUT2D eigenvalue weighted by atomic mass is 9.77. The third-order valence-electron chi connectivity index (χ3n) is 4.71. The third kappa shape index (κ3) is 2.16. The molecule has 1 aromatic carbocycles. The summed E-state index contributed by atoms with van der Waals surface area (Å²) in [6.45, 7) is 1.59. The Morgan fingerprint density at radius 2 is 2.11 bits per heavy atom. The molecule has 1 aromatic rings. The monoisotopic (exact) mass is 260 g/mol. The van der Waals surface area contributed by atoms with Crippen LogP contribution in [0.15, 0.2) is 24.3 Å². The number of hydrogen-bond donors (Lipinski definition) is 1. The molecule has 1 atom stereocenters. The average Bonchev–Trinajstić information content (AvgIpc) is 3.11. The minimum absolute atomic E-state index is 0.437. The van der Waals surface area contributed by atoms with Gasteiger partial charge in [0, 0.05) is 12.5 Å². The van der Waals surface area contributed by atoms with Crippen molar-refractivity contribution in [2.75, 3.05) is 13.2 Å². The van der Waals surface area contributed by atoms with Crippen molar-refractivity contribution in [2.45, 2.75) is 43.4 Å². The van der Waals surface area contributed by atoms with E-state index in [1.165, 1.54) is 5.56 Å². The van der Waals surface area contributed by atoms with E-state index in [4.69, 9.17) is 4.74 Å². The van der Waals surface area contributed by atoms with Crippen LogP contribution < -0.4 is 0 Å². The first kappa shape index (κ1) is 12.7. The molecule has 102 valence electrons. The molecule has 3 rings (SSSR count). The molecule has 2 fully saturated rings. The Labute approximate surface area is 113 Å². The summed E-state index contributed by atoms with van der Waals surface area (Å²) < 4.78 is 5.43. The van der Waals surface area contributed by atoms with Gasteiger partial charge in [-0.15, -0.1) is 0 Å². The van der Waals surface area contributed by atoms with E-state index in [1.54, 1.807) is 0 Å². The Morgan fingerprint density at radius 3 is 2.74 bits per heavy atom. The van der Waals surface area contributed by atoms with Crippen molar-refractivity contribution in [2.24, 2.45) is 0 Å². The number of rotatable bonds is 3. The van der Waals surface area contributed by atoms with Gasteiger partial charge in [0.25, 0.3) is 0 Å². The van der Waals surface area contributed by atoms with Crippen LogP contribution in [0.4, 0.5) is 0 Å². The van der Waals surface area contributed by atoms with Crippen molar-refractivity contribution < 1.29 is 14.6 Å². The van der Waals surface area contributed by atoms with Crippen LogP contribution in [0.5, 0.6) is 0 Å². The van der Waals surface area contributed by atoms with Crippen molar-refractivity contribution in [3.05, 3.63) is 35.4 Å². The lowest BCUT2D eigenvalue weighted by molar-refractivity contribution is -0.143. The minimum atomic E-state index is -0.662. The van der Waals surface area contributed by atoms with E-state index < -0.39 is 11.4 Å². The molecule has 1 N–H and O–H groups in total. The lowest BCUT2D eigenvalue weighted by Crippen LogP contribution is -2.32. The summed E-state index contributed by atoms with van der Waals surface area (Å²) in [5.74, 6) is -0.225. The van der Waals surface area contributed by atoms with Crippen LogP contribution in [0, 0.1) is 0 Å². The Kier molecular flexibility index (Phi) is 3.31. The molecule has 2 aliphatic rings. The van der Waals surface area contributed by atoms with Crippen LogP contribution in [0.25, 0.3) is 0 Å². The first-order chi connectivity index (χ1) is 9.22. The van der Waals surface area contributed by atoms with E-state index in [0.29, 0.717) is 5.92 Å². The van der Waals surface area contributed by atoms with Crippen molar-refractivity contribution in [1.82, 2.24) is 0 Å². The number of benzene rings is 1. The predicted molar refractivity (Wildman–Crippen MR) is 72.4 cm³/mol. The molecule has 3 nitrogen and oxygen atoms in total. The van der Waals surface area contributed by atoms with Gasteiger partial charge in [-0.3, -0.25) is 4.79 Å². The highest BCUT2D eigenvalue weighted by molar-refractivity contribution is 5.81. The maximum Gasteiger partial charge on any atom is 0.314 e. The number of carbonyl (C=O) groups is 1. The van der Waals surface area contributed by atoms with Crippen LogP contribution >= 0.6 is 0 Å². The van der Waals surface area contributed by atoms with E-state index in [1.807, 2.05) is 12.1 Å². The van der Waals surface area contributed by atoms with Gasteiger partial charge in [0.1, 0.15) is 0 Å². The lowest BCUT2D eigenvalue weighted by Gasteiger charge is -2.25. The fourth-order valence-electron chi connectivity index (χ4n) is 3.49. The Bertz CT molecular complexity index is 469. The van der Waals surface area contributed by atoms with Gasteiger partial charge in [-0.2, -0.15) is 0 Å². The molecule has 3 heteroatoms. The standard InChI is InChI=1S/C16H20O3/c17-15(18)16(7-1-2-8-16)14-5-3-4-12(10-14)13-6-9-19-11-13/h3-5,10,13H,1-2,6-9,11H2,(H,17,18). The first-order valence-corrected chi connectivity index (χ1v) is 7.14. The second-order valence-corrected chi connectivity index (χ2v) is 5.78. The zero-order valence-electron chi connectivity index (χ0n) is 11.1. The fourth-order valence-corrected chi connectivity index (χ4v) is 3.49. The summed E-state index contributed by atoms with van der Waals surface area (Å²) in [5.41, 5.74) is 1.58. The molecular formula is C16H20O3. The SMILES string of the molecule is O=C(O)C1(c2cccc(C3CCOC3)c2)CCCC1. The van der Waals surface area contributed by atoms with Crippen LogP contribution in [0.1, 0.15) is 49.1 Å². The molecule has 1 heterocycles. The summed E-state index contributed by atoms with van der Waals surface area (Å²) in [6, 6.07) is 8.21. The first-order valence-electron chi connectivity index (χ1n) is 7.14. The Morgan fingerprint density at radius 1 is 1.32 bits per heavy atom. The normalized spacial score (nSPS) is 25.6. The molecular weight excluding hydrogens is 240 g/mol. The summed E-state index contributed by atoms with van der Waals surface area (Å²) in [7, 11) is 0. The van der Waals surface area contributed by atoms with Gasteiger partial charge < -0.3 is 9.84 Å². The highest BCUT2D eigenvalue weighted by Crippen LogP contribution is 2.42. The van der Waals surface area contributed by atoms with Crippen molar-refractivity contribution in [3.63, 3.8) is 0 Å². The van der Waals surface area contributed by atoms with Crippen LogP contribution in [-0.4, -0.2) is 24.3 Å². The van der Waals surface area contributed by atoms with Gasteiger partial charge >= 0.3 is 5.97 Å². The maximum absolute atomic E-state index is 11.7. The average molecular weight is 260 g/mol. The number of carboxylic acid groups (broad SMARTS) is 1. The molecule has 1 unspecified atom stereocenters. The predicted octanol–water partition coefficient (Wildman–Crippen LogP) is 3.09. The van der Waals surface area contributed by atoms with Gasteiger partial charge in [0.2, 0.25) is 0 Å². The zero-order valence-corrected chi connectivity index (χ0v) is 11.1. The summed E-state index contributed by atoms with van der Waals surface area (Å²) in [5, 5.41) is 9.65. The smallest absolute Gasteiger partial charge is 0.314 e. The summed E-state index contributed by atoms with van der Waals surface area (Å²) in [6.07, 6.45) is 4.62. The molecule has 1 aliphatic heterocycles. The highest BCUT2D eigenvalue weighted by atomic mass is 16.5. The molecule has 19 heavy (non-hydrogen) atoms. The van der Waals surface area contributed by atoms with Gasteiger partial charge in [0.05, 0.1) is 12.0 Å². The molecule has 0 aromatic heterocycles. The topological polar surface area (TPSA) is 46.5 Å². The summed E-state index contributed by atoms with van der Waals surface area (Å²) >= 11 is 0. The van der Waals surface area contributed by atoms with Crippen LogP contribution in [0.2, 0.25) is 0 Å². The van der Waals surface area contributed by atoms with Crippen molar-refractivity contribution in [3.8, 4) is 0 Å². The maximum atomic E-state index is 11.7. The molecule has 0 spiro atoms. The molecule has 1 saturated carbocycles. The quantitative estimate of drug-likeness (QED) is 0.908. The van der Waals surface area contributed by atoms with Gasteiger partial charge in [-0.25, -0.2) is 0 Å². The van der Waals surface area contributed by atoms with E-state index >= 15 is 0 Å². The summed E-state index contributed by atoms with van der Waals surface area (Å²) in [4.78, 5) is 11.7. The second kappa shape index (κ2) is 4.97. The van der Waals surface area contributed by atoms with Crippen LogP contribution in [0.3, 0.4) is 0 Å². The molecule has 1 aliphatic carbocycles. The van der Waals surface area contributed by atoms with Crippen molar-refractivity contribution in [1.29, 1.82) is 0 Å². The Balaban J connectivity index is 1.95. The van der Waals surface area contributed by atoms with Gasteiger partial charge in [-0.05, 0) is 30.4 Å². The van der Waals surface area contributed by atoms with E-state index in [9.17, 15) is 9.90 Å². The minimum Gasteiger partial charge on any atom is -0.481 e. The largest absolute Gasteiger partial charge is 0.481 e. The number of hydrogen-bond acceptors (Lipinski definition) is 2. The number of carboxylic acids is 1. The Hall–Kier alpha value is -1.35. The van der Waals surface area contributed by atoms with E-state index in [0.717, 1.165) is 50.9 Å². The van der Waals surface area contributed by atoms with E-state index in [2.05, 4.69) is 12.1 Å². The van der Waals surface area contributed by atoms with Gasteiger partial charge in [0.15, 0.2) is 0 Å². The second-order valence-electron chi connectivity index (χ2n) is 5.78. The van der Waals surface area contributed by atoms with E-state index in [-0.39, 0.29) is 0 Å². The fraction of sp³-hybridized carbons (Fsp3) is 0.562. The number of aliphatic carboxylic acids is 1. The molecule has 0 amide bonds. The molecule has 0 bridgehead atoms.